The molecule has 0 spiro atoms. The number of hydrogen-bond acceptors (Lipinski definition) is 6. The molecule has 0 saturated heterocycles. The average Bonchev–Trinajstić information content (AvgIpc) is 3.15. The van der Waals surface area contributed by atoms with Crippen molar-refractivity contribution < 1.29 is 13.3 Å². The van der Waals surface area contributed by atoms with Gasteiger partial charge in [0, 0.05) is 23.7 Å². The second-order valence-electron chi connectivity index (χ2n) is 4.76. The van der Waals surface area contributed by atoms with E-state index in [0.717, 1.165) is 12.8 Å². The van der Waals surface area contributed by atoms with Gasteiger partial charge in [0.15, 0.2) is 5.82 Å². The van der Waals surface area contributed by atoms with E-state index in [-0.39, 0.29) is 22.7 Å². The van der Waals surface area contributed by atoms with Gasteiger partial charge in [-0.3, -0.25) is 14.7 Å². The van der Waals surface area contributed by atoms with E-state index in [1.165, 1.54) is 22.8 Å². The van der Waals surface area contributed by atoms with Gasteiger partial charge in [-0.25, -0.2) is 13.6 Å². The van der Waals surface area contributed by atoms with Gasteiger partial charge in [0.2, 0.25) is 0 Å². The second kappa shape index (κ2) is 4.60. The van der Waals surface area contributed by atoms with Gasteiger partial charge in [0.1, 0.15) is 0 Å². The third-order valence-electron chi connectivity index (χ3n) is 3.15. The maximum Gasteiger partial charge on any atom is 0.273 e. The molecular formula is C11H11N5O4S. The first-order valence-corrected chi connectivity index (χ1v) is 7.65. The van der Waals surface area contributed by atoms with E-state index in [1.807, 2.05) is 0 Å². The van der Waals surface area contributed by atoms with Crippen molar-refractivity contribution in [2.45, 2.75) is 24.0 Å². The van der Waals surface area contributed by atoms with Gasteiger partial charge in [-0.05, 0) is 12.8 Å². The Morgan fingerprint density at radius 3 is 2.62 bits per heavy atom. The van der Waals surface area contributed by atoms with Crippen LogP contribution in [0.4, 0.5) is 5.69 Å². The van der Waals surface area contributed by atoms with Crippen LogP contribution in [0.1, 0.15) is 18.9 Å². The van der Waals surface area contributed by atoms with Crippen LogP contribution < -0.4 is 5.14 Å². The van der Waals surface area contributed by atoms with E-state index >= 15 is 0 Å². The van der Waals surface area contributed by atoms with Gasteiger partial charge in [0.25, 0.3) is 20.9 Å². The normalized spacial score (nSPS) is 15.1. The number of nitrogens with two attached hydrogens (primary N) is 1. The van der Waals surface area contributed by atoms with Crippen molar-refractivity contribution in [1.82, 2.24) is 14.8 Å². The van der Waals surface area contributed by atoms with Crippen LogP contribution in [-0.4, -0.2) is 28.1 Å². The van der Waals surface area contributed by atoms with Crippen molar-refractivity contribution >= 4 is 15.7 Å². The van der Waals surface area contributed by atoms with E-state index in [0.29, 0.717) is 5.56 Å². The van der Waals surface area contributed by atoms with Crippen molar-refractivity contribution in [2.75, 3.05) is 0 Å². The monoisotopic (exact) mass is 309 g/mol. The molecular weight excluding hydrogens is 298 g/mol. The first-order valence-electron chi connectivity index (χ1n) is 6.10. The lowest BCUT2D eigenvalue weighted by Gasteiger charge is -2.07. The fourth-order valence-corrected chi connectivity index (χ4v) is 2.75. The number of nitro groups is 1. The molecule has 1 heterocycles. The fourth-order valence-electron chi connectivity index (χ4n) is 2.09. The molecule has 10 heteroatoms. The Hall–Kier alpha value is -2.33. The molecule has 0 amide bonds. The van der Waals surface area contributed by atoms with Gasteiger partial charge in [0.05, 0.1) is 4.92 Å². The van der Waals surface area contributed by atoms with Crippen LogP contribution in [0.5, 0.6) is 0 Å². The lowest BCUT2D eigenvalue weighted by Crippen LogP contribution is -2.18. The molecule has 110 valence electrons. The van der Waals surface area contributed by atoms with Gasteiger partial charge in [-0.15, -0.1) is 10.2 Å². The number of nitrogens with zero attached hydrogens (tertiary/aromatic N) is 4. The highest BCUT2D eigenvalue weighted by molar-refractivity contribution is 7.89. The van der Waals surface area contributed by atoms with Crippen molar-refractivity contribution in [1.29, 1.82) is 0 Å². The van der Waals surface area contributed by atoms with Gasteiger partial charge in [-0.2, -0.15) is 0 Å². The topological polar surface area (TPSA) is 134 Å². The molecule has 3 rings (SSSR count). The van der Waals surface area contributed by atoms with Gasteiger partial charge >= 0.3 is 0 Å². The predicted octanol–water partition coefficient (Wildman–Crippen LogP) is 0.836. The summed E-state index contributed by atoms with van der Waals surface area (Å²) in [6.45, 7) is 0. The van der Waals surface area contributed by atoms with Crippen LogP contribution in [0.25, 0.3) is 11.4 Å². The van der Waals surface area contributed by atoms with E-state index in [4.69, 9.17) is 5.14 Å². The van der Waals surface area contributed by atoms with Crippen molar-refractivity contribution in [3.05, 3.63) is 34.4 Å². The SMILES string of the molecule is NS(=O)(=O)c1nnc(-c2cccc([N+](=O)[O-])c2)n1C1CC1. The highest BCUT2D eigenvalue weighted by atomic mass is 32.2. The quantitative estimate of drug-likeness (QED) is 0.656. The predicted molar refractivity (Wildman–Crippen MR) is 71.8 cm³/mol. The summed E-state index contributed by atoms with van der Waals surface area (Å²) in [4.78, 5) is 10.3. The molecule has 0 bridgehead atoms. The van der Waals surface area contributed by atoms with Gasteiger partial charge in [-0.1, -0.05) is 12.1 Å². The maximum absolute atomic E-state index is 11.6. The molecule has 1 fully saturated rings. The Labute approximate surface area is 119 Å². The third-order valence-corrected chi connectivity index (χ3v) is 3.93. The molecule has 1 aliphatic rings. The first-order chi connectivity index (χ1) is 9.88. The lowest BCUT2D eigenvalue weighted by atomic mass is 10.2. The van der Waals surface area contributed by atoms with E-state index in [1.54, 1.807) is 6.07 Å². The number of nitro benzene ring substituents is 1. The largest absolute Gasteiger partial charge is 0.294 e. The summed E-state index contributed by atoms with van der Waals surface area (Å²) >= 11 is 0. The molecule has 21 heavy (non-hydrogen) atoms. The molecule has 1 aliphatic carbocycles. The summed E-state index contributed by atoms with van der Waals surface area (Å²) in [5, 5.41) is 23.1. The Morgan fingerprint density at radius 1 is 1.33 bits per heavy atom. The molecule has 1 aromatic heterocycles. The molecule has 9 nitrogen and oxygen atoms in total. The molecule has 2 aromatic rings. The molecule has 0 atom stereocenters. The van der Waals surface area contributed by atoms with Crippen molar-refractivity contribution in [2.24, 2.45) is 5.14 Å². The maximum atomic E-state index is 11.6. The van der Waals surface area contributed by atoms with E-state index in [2.05, 4.69) is 10.2 Å². The van der Waals surface area contributed by atoms with E-state index in [9.17, 15) is 18.5 Å². The van der Waals surface area contributed by atoms with Crippen LogP contribution in [0.2, 0.25) is 0 Å². The minimum Gasteiger partial charge on any atom is -0.294 e. The number of benzene rings is 1. The number of hydrogen-bond donors (Lipinski definition) is 1. The van der Waals surface area contributed by atoms with Crippen molar-refractivity contribution in [3.8, 4) is 11.4 Å². The Kier molecular flexibility index (Phi) is 2.99. The summed E-state index contributed by atoms with van der Waals surface area (Å²) in [5.41, 5.74) is 0.327. The Balaban J connectivity index is 2.17. The number of rotatable bonds is 4. The second-order valence-corrected chi connectivity index (χ2v) is 6.21. The fraction of sp³-hybridized carbons (Fsp3) is 0.273. The first kappa shape index (κ1) is 13.6. The smallest absolute Gasteiger partial charge is 0.273 e. The molecule has 1 aromatic carbocycles. The zero-order chi connectivity index (χ0) is 15.2. The zero-order valence-corrected chi connectivity index (χ0v) is 11.5. The van der Waals surface area contributed by atoms with Crippen LogP contribution in [0.15, 0.2) is 29.4 Å². The van der Waals surface area contributed by atoms with Crippen LogP contribution in [0.3, 0.4) is 0 Å². The highest BCUT2D eigenvalue weighted by Crippen LogP contribution is 2.40. The third kappa shape index (κ3) is 2.50. The lowest BCUT2D eigenvalue weighted by molar-refractivity contribution is -0.384. The minimum atomic E-state index is -4.00. The van der Waals surface area contributed by atoms with Gasteiger partial charge < -0.3 is 0 Å². The summed E-state index contributed by atoms with van der Waals surface area (Å²) < 4.78 is 24.5. The van der Waals surface area contributed by atoms with E-state index < -0.39 is 14.9 Å². The molecule has 1 saturated carbocycles. The summed E-state index contributed by atoms with van der Waals surface area (Å²) in [6.07, 6.45) is 1.59. The summed E-state index contributed by atoms with van der Waals surface area (Å²) in [6, 6.07) is 5.76. The minimum absolute atomic E-state index is 0.0393. The molecule has 2 N–H and O–H groups in total. The zero-order valence-electron chi connectivity index (χ0n) is 10.7. The van der Waals surface area contributed by atoms with Crippen LogP contribution in [0, 0.1) is 10.1 Å². The number of primary sulfonamides is 1. The standard InChI is InChI=1S/C11H11N5O4S/c12-21(19,20)11-14-13-10(15(11)8-4-5-8)7-2-1-3-9(6-7)16(17)18/h1-3,6,8H,4-5H2,(H2,12,19,20). The number of sulfonamides is 1. The average molecular weight is 309 g/mol. The Morgan fingerprint density at radius 2 is 2.05 bits per heavy atom. The number of non-ortho nitro benzene ring substituents is 1. The molecule has 0 radical (unpaired) electrons. The highest BCUT2D eigenvalue weighted by Gasteiger charge is 2.33. The summed E-state index contributed by atoms with van der Waals surface area (Å²) in [7, 11) is -4.00. The molecule has 0 unspecified atom stereocenters. The Bertz CT molecular complexity index is 825. The van der Waals surface area contributed by atoms with Crippen molar-refractivity contribution in [3.63, 3.8) is 0 Å². The van der Waals surface area contributed by atoms with Crippen LogP contribution in [-0.2, 0) is 10.0 Å². The van der Waals surface area contributed by atoms with Crippen LogP contribution >= 0.6 is 0 Å². The molecule has 0 aliphatic heterocycles. The summed E-state index contributed by atoms with van der Waals surface area (Å²) in [5.74, 6) is 0.269. The number of aromatic nitrogens is 3.